The number of likely N-dealkylation sites (tertiary alicyclic amines) is 1. The molecule has 0 aliphatic carbocycles. The lowest BCUT2D eigenvalue weighted by atomic mass is 9.88. The van der Waals surface area contributed by atoms with E-state index in [4.69, 9.17) is 0 Å². The number of rotatable bonds is 5. The van der Waals surface area contributed by atoms with Crippen LogP contribution < -0.4 is 5.32 Å². The second kappa shape index (κ2) is 7.05. The molecule has 1 heterocycles. The minimum atomic E-state index is -1.04. The highest BCUT2D eigenvalue weighted by molar-refractivity contribution is 5.81. The van der Waals surface area contributed by atoms with Crippen molar-refractivity contribution in [3.63, 3.8) is 0 Å². The van der Waals surface area contributed by atoms with Crippen molar-refractivity contribution in [3.8, 4) is 0 Å². The third-order valence-corrected chi connectivity index (χ3v) is 4.69. The number of hydrogen-bond donors (Lipinski definition) is 2. The van der Waals surface area contributed by atoms with E-state index in [9.17, 15) is 9.90 Å². The van der Waals surface area contributed by atoms with Gasteiger partial charge in [0.2, 0.25) is 0 Å². The number of carbonyl (C=O) groups is 1. The van der Waals surface area contributed by atoms with Crippen molar-refractivity contribution in [3.05, 3.63) is 35.9 Å². The summed E-state index contributed by atoms with van der Waals surface area (Å²) in [6.45, 7) is 3.69. The molecule has 2 rings (SSSR count). The Morgan fingerprint density at radius 2 is 2.05 bits per heavy atom. The number of aliphatic carboxylic acids is 1. The normalized spacial score (nSPS) is 23.2. The summed E-state index contributed by atoms with van der Waals surface area (Å²) in [5.74, 6) is -0.812. The summed E-state index contributed by atoms with van der Waals surface area (Å²) < 4.78 is 0. The van der Waals surface area contributed by atoms with Crippen LogP contribution in [0.3, 0.4) is 0 Å². The molecule has 116 valence electrons. The second-order valence-electron chi connectivity index (χ2n) is 6.00. The molecule has 2 N–H and O–H groups in total. The first kappa shape index (κ1) is 16.0. The first-order chi connectivity index (χ1) is 10.1. The van der Waals surface area contributed by atoms with Gasteiger partial charge in [0.05, 0.1) is 0 Å². The van der Waals surface area contributed by atoms with Gasteiger partial charge in [0.25, 0.3) is 0 Å². The molecule has 1 aliphatic rings. The number of benzene rings is 1. The monoisotopic (exact) mass is 290 g/mol. The summed E-state index contributed by atoms with van der Waals surface area (Å²) in [6, 6.07) is 9.94. The minimum Gasteiger partial charge on any atom is -0.480 e. The molecule has 4 nitrogen and oxygen atoms in total. The summed E-state index contributed by atoms with van der Waals surface area (Å²) in [5.41, 5.74) is -0.226. The summed E-state index contributed by atoms with van der Waals surface area (Å²) >= 11 is 0. The van der Waals surface area contributed by atoms with Gasteiger partial charge < -0.3 is 10.4 Å². The maximum atomic E-state index is 12.0. The molecule has 1 aromatic rings. The van der Waals surface area contributed by atoms with Gasteiger partial charge in [0, 0.05) is 12.6 Å². The average Bonchev–Trinajstić information content (AvgIpc) is 2.70. The van der Waals surface area contributed by atoms with Crippen LogP contribution in [-0.2, 0) is 10.3 Å². The van der Waals surface area contributed by atoms with Crippen molar-refractivity contribution in [2.45, 2.75) is 44.2 Å². The van der Waals surface area contributed by atoms with E-state index in [1.807, 2.05) is 30.3 Å². The Morgan fingerprint density at radius 1 is 1.33 bits per heavy atom. The molecule has 2 atom stereocenters. The van der Waals surface area contributed by atoms with Gasteiger partial charge in [-0.2, -0.15) is 0 Å². The smallest absolute Gasteiger partial charge is 0.329 e. The standard InChI is InChI=1S/C17H26N2O2/c1-14-9-5-4-8-12-19(14)13-17(18-2,16(20)21)15-10-6-3-7-11-15/h3,6-7,10-11,14,18H,4-5,8-9,12-13H2,1-2H3,(H,20,21). The second-order valence-corrected chi connectivity index (χ2v) is 6.00. The molecule has 2 unspecified atom stereocenters. The van der Waals surface area contributed by atoms with Gasteiger partial charge in [-0.3, -0.25) is 4.90 Å². The number of nitrogens with zero attached hydrogens (tertiary/aromatic N) is 1. The first-order valence-corrected chi connectivity index (χ1v) is 7.82. The maximum Gasteiger partial charge on any atom is 0.329 e. The molecule has 0 radical (unpaired) electrons. The molecule has 1 saturated heterocycles. The highest BCUT2D eigenvalue weighted by atomic mass is 16.4. The largest absolute Gasteiger partial charge is 0.480 e. The molecule has 1 aromatic carbocycles. The van der Waals surface area contributed by atoms with E-state index in [1.54, 1.807) is 7.05 Å². The molecule has 0 spiro atoms. The Bertz CT molecular complexity index is 463. The van der Waals surface area contributed by atoms with E-state index in [-0.39, 0.29) is 0 Å². The summed E-state index contributed by atoms with van der Waals surface area (Å²) in [7, 11) is 1.74. The average molecular weight is 290 g/mol. The van der Waals surface area contributed by atoms with Crippen LogP contribution in [0.1, 0.15) is 38.2 Å². The van der Waals surface area contributed by atoms with Crippen molar-refractivity contribution >= 4 is 5.97 Å². The van der Waals surface area contributed by atoms with E-state index in [0.717, 1.165) is 24.9 Å². The predicted octanol–water partition coefficient (Wildman–Crippen LogP) is 2.45. The van der Waals surface area contributed by atoms with Crippen LogP contribution in [0.25, 0.3) is 0 Å². The molecule has 1 fully saturated rings. The fraction of sp³-hybridized carbons (Fsp3) is 0.588. The topological polar surface area (TPSA) is 52.6 Å². The van der Waals surface area contributed by atoms with Crippen LogP contribution >= 0.6 is 0 Å². The van der Waals surface area contributed by atoms with Crippen LogP contribution in [0, 0.1) is 0 Å². The van der Waals surface area contributed by atoms with Crippen molar-refractivity contribution in [1.82, 2.24) is 10.2 Å². The molecule has 0 bridgehead atoms. The van der Waals surface area contributed by atoms with Crippen LogP contribution in [0.15, 0.2) is 30.3 Å². The lowest BCUT2D eigenvalue weighted by Crippen LogP contribution is -2.56. The van der Waals surface area contributed by atoms with Gasteiger partial charge in [-0.05, 0) is 38.9 Å². The zero-order valence-corrected chi connectivity index (χ0v) is 13.0. The van der Waals surface area contributed by atoms with E-state index < -0.39 is 11.5 Å². The lowest BCUT2D eigenvalue weighted by molar-refractivity contribution is -0.146. The number of likely N-dealkylation sites (N-methyl/N-ethyl adjacent to an activating group) is 1. The van der Waals surface area contributed by atoms with Crippen LogP contribution in [0.4, 0.5) is 0 Å². The van der Waals surface area contributed by atoms with Crippen LogP contribution in [-0.4, -0.2) is 42.2 Å². The summed E-state index contributed by atoms with van der Waals surface area (Å²) in [5, 5.41) is 13.0. The van der Waals surface area contributed by atoms with Crippen LogP contribution in [0.5, 0.6) is 0 Å². The van der Waals surface area contributed by atoms with Gasteiger partial charge in [0.15, 0.2) is 5.54 Å². The van der Waals surface area contributed by atoms with Gasteiger partial charge in [0.1, 0.15) is 0 Å². The molecule has 1 aliphatic heterocycles. The first-order valence-electron chi connectivity index (χ1n) is 7.82. The highest BCUT2D eigenvalue weighted by Crippen LogP contribution is 2.26. The molecule has 0 saturated carbocycles. The maximum absolute atomic E-state index is 12.0. The molecule has 4 heteroatoms. The summed E-state index contributed by atoms with van der Waals surface area (Å²) in [4.78, 5) is 14.4. The molecule has 21 heavy (non-hydrogen) atoms. The Hall–Kier alpha value is -1.39. The predicted molar refractivity (Wildman–Crippen MR) is 84.3 cm³/mol. The van der Waals surface area contributed by atoms with Gasteiger partial charge in [-0.25, -0.2) is 4.79 Å². The fourth-order valence-corrected chi connectivity index (χ4v) is 3.21. The van der Waals surface area contributed by atoms with E-state index in [2.05, 4.69) is 17.1 Å². The van der Waals surface area contributed by atoms with Crippen molar-refractivity contribution in [2.75, 3.05) is 20.1 Å². The van der Waals surface area contributed by atoms with Crippen molar-refractivity contribution in [2.24, 2.45) is 0 Å². The SMILES string of the molecule is CNC(CN1CCCCCC1C)(C(=O)O)c1ccccc1. The van der Waals surface area contributed by atoms with E-state index >= 15 is 0 Å². The molecule has 0 amide bonds. The lowest BCUT2D eigenvalue weighted by Gasteiger charge is -2.37. The van der Waals surface area contributed by atoms with Crippen molar-refractivity contribution in [1.29, 1.82) is 0 Å². The van der Waals surface area contributed by atoms with Gasteiger partial charge in [-0.15, -0.1) is 0 Å². The number of carboxylic acids is 1. The molecule has 0 aromatic heterocycles. The summed E-state index contributed by atoms with van der Waals surface area (Å²) in [6.07, 6.45) is 4.78. The number of hydrogen-bond acceptors (Lipinski definition) is 3. The Kier molecular flexibility index (Phi) is 5.37. The third kappa shape index (κ3) is 3.44. The molecular formula is C17H26N2O2. The third-order valence-electron chi connectivity index (χ3n) is 4.69. The van der Waals surface area contributed by atoms with Gasteiger partial charge in [-0.1, -0.05) is 43.2 Å². The Morgan fingerprint density at radius 3 is 2.67 bits per heavy atom. The van der Waals surface area contributed by atoms with Gasteiger partial charge >= 0.3 is 5.97 Å². The van der Waals surface area contributed by atoms with E-state index in [1.165, 1.54) is 12.8 Å². The Labute approximate surface area is 127 Å². The number of carboxylic acid groups (broad SMARTS) is 1. The quantitative estimate of drug-likeness (QED) is 0.874. The zero-order chi connectivity index (χ0) is 15.3. The number of nitrogens with one attached hydrogen (secondary N) is 1. The van der Waals surface area contributed by atoms with Crippen LogP contribution in [0.2, 0.25) is 0 Å². The van der Waals surface area contributed by atoms with Crippen molar-refractivity contribution < 1.29 is 9.90 Å². The Balaban J connectivity index is 2.30. The minimum absolute atomic E-state index is 0.434. The highest BCUT2D eigenvalue weighted by Gasteiger charge is 2.41. The fourth-order valence-electron chi connectivity index (χ4n) is 3.21. The van der Waals surface area contributed by atoms with E-state index in [0.29, 0.717) is 12.6 Å². The zero-order valence-electron chi connectivity index (χ0n) is 13.0. The molecular weight excluding hydrogens is 264 g/mol.